The first-order valence-electron chi connectivity index (χ1n) is 5.96. The van der Waals surface area contributed by atoms with Crippen LogP contribution in [0.15, 0.2) is 0 Å². The second-order valence-corrected chi connectivity index (χ2v) is 4.42. The molecule has 2 atom stereocenters. The van der Waals surface area contributed by atoms with Crippen LogP contribution < -0.4 is 5.32 Å². The van der Waals surface area contributed by atoms with Gasteiger partial charge in [0, 0.05) is 33.3 Å². The fraction of sp³-hybridized carbons (Fsp3) is 0.909. The molecule has 0 saturated carbocycles. The molecule has 0 radical (unpaired) electrons. The van der Waals surface area contributed by atoms with Crippen molar-refractivity contribution in [2.24, 2.45) is 0 Å². The third kappa shape index (κ3) is 2.93. The molecule has 5 heteroatoms. The number of nitrogens with one attached hydrogen (secondary N) is 1. The number of morpholine rings is 1. The van der Waals surface area contributed by atoms with E-state index in [2.05, 4.69) is 5.32 Å². The Morgan fingerprint density at radius 2 is 2.31 bits per heavy atom. The molecule has 2 aliphatic rings. The number of amides is 1. The number of hydrogen-bond acceptors (Lipinski definition) is 4. The van der Waals surface area contributed by atoms with Crippen molar-refractivity contribution in [2.45, 2.75) is 25.0 Å². The third-order valence-electron chi connectivity index (χ3n) is 3.06. The molecule has 0 aromatic rings. The van der Waals surface area contributed by atoms with Gasteiger partial charge in [-0.3, -0.25) is 4.79 Å². The predicted molar refractivity (Wildman–Crippen MR) is 59.2 cm³/mol. The standard InChI is InChI=1S/C11H20N2O3/c1-13(8-9-7-12-4-6-15-9)11(14)10-3-2-5-16-10/h9-10,12H,2-8H2,1H3/t9?,10-/m0/s1. The fourth-order valence-corrected chi connectivity index (χ4v) is 2.15. The van der Waals surface area contributed by atoms with Crippen molar-refractivity contribution in [3.8, 4) is 0 Å². The summed E-state index contributed by atoms with van der Waals surface area (Å²) in [5, 5.41) is 3.25. The Morgan fingerprint density at radius 3 is 2.94 bits per heavy atom. The third-order valence-corrected chi connectivity index (χ3v) is 3.06. The van der Waals surface area contributed by atoms with Gasteiger partial charge >= 0.3 is 0 Å². The first-order valence-corrected chi connectivity index (χ1v) is 5.96. The average Bonchev–Trinajstić information content (AvgIpc) is 2.83. The SMILES string of the molecule is CN(CC1CNCCO1)C(=O)[C@@H]1CCCO1. The second-order valence-electron chi connectivity index (χ2n) is 4.42. The highest BCUT2D eigenvalue weighted by Gasteiger charge is 2.28. The van der Waals surface area contributed by atoms with E-state index in [-0.39, 0.29) is 18.1 Å². The molecule has 1 amide bonds. The van der Waals surface area contributed by atoms with Gasteiger partial charge in [0.2, 0.25) is 0 Å². The topological polar surface area (TPSA) is 50.8 Å². The van der Waals surface area contributed by atoms with Crippen LogP contribution in [-0.2, 0) is 14.3 Å². The van der Waals surface area contributed by atoms with Gasteiger partial charge in [-0.2, -0.15) is 0 Å². The van der Waals surface area contributed by atoms with Crippen LogP contribution in [0.5, 0.6) is 0 Å². The summed E-state index contributed by atoms with van der Waals surface area (Å²) in [4.78, 5) is 13.7. The molecule has 1 N–H and O–H groups in total. The molecule has 16 heavy (non-hydrogen) atoms. The number of likely N-dealkylation sites (N-methyl/N-ethyl adjacent to an activating group) is 1. The first kappa shape index (κ1) is 11.8. The van der Waals surface area contributed by atoms with Gasteiger partial charge in [0.15, 0.2) is 0 Å². The molecule has 0 aliphatic carbocycles. The zero-order valence-electron chi connectivity index (χ0n) is 9.78. The van der Waals surface area contributed by atoms with E-state index < -0.39 is 0 Å². The Morgan fingerprint density at radius 1 is 1.44 bits per heavy atom. The Bertz CT molecular complexity index is 235. The molecule has 0 bridgehead atoms. The maximum Gasteiger partial charge on any atom is 0.251 e. The summed E-state index contributed by atoms with van der Waals surface area (Å²) in [6.07, 6.45) is 1.74. The van der Waals surface area contributed by atoms with E-state index >= 15 is 0 Å². The summed E-state index contributed by atoms with van der Waals surface area (Å²) in [6, 6.07) is 0. The zero-order valence-corrected chi connectivity index (χ0v) is 9.78. The van der Waals surface area contributed by atoms with Crippen LogP contribution in [0.3, 0.4) is 0 Å². The van der Waals surface area contributed by atoms with Gasteiger partial charge in [-0.1, -0.05) is 0 Å². The number of rotatable bonds is 3. The summed E-state index contributed by atoms with van der Waals surface area (Å²) in [5.41, 5.74) is 0. The molecule has 2 aliphatic heterocycles. The van der Waals surface area contributed by atoms with Crippen molar-refractivity contribution < 1.29 is 14.3 Å². The smallest absolute Gasteiger partial charge is 0.251 e. The molecule has 0 spiro atoms. The van der Waals surface area contributed by atoms with Gasteiger partial charge in [-0.05, 0) is 12.8 Å². The van der Waals surface area contributed by atoms with Crippen molar-refractivity contribution >= 4 is 5.91 Å². The van der Waals surface area contributed by atoms with Gasteiger partial charge in [0.1, 0.15) is 6.10 Å². The van der Waals surface area contributed by atoms with Crippen molar-refractivity contribution in [3.05, 3.63) is 0 Å². The minimum Gasteiger partial charge on any atom is -0.374 e. The van der Waals surface area contributed by atoms with Crippen LogP contribution in [0.1, 0.15) is 12.8 Å². The lowest BCUT2D eigenvalue weighted by Gasteiger charge is -2.29. The van der Waals surface area contributed by atoms with Gasteiger partial charge in [-0.25, -0.2) is 0 Å². The van der Waals surface area contributed by atoms with Crippen LogP contribution in [0.2, 0.25) is 0 Å². The van der Waals surface area contributed by atoms with Gasteiger partial charge in [-0.15, -0.1) is 0 Å². The van der Waals surface area contributed by atoms with Crippen LogP contribution in [0.4, 0.5) is 0 Å². The number of carbonyl (C=O) groups is 1. The highest BCUT2D eigenvalue weighted by molar-refractivity contribution is 5.80. The molecule has 2 heterocycles. The van der Waals surface area contributed by atoms with Crippen LogP contribution in [-0.4, -0.2) is 62.9 Å². The highest BCUT2D eigenvalue weighted by atomic mass is 16.5. The van der Waals surface area contributed by atoms with Crippen molar-refractivity contribution in [1.29, 1.82) is 0 Å². The summed E-state index contributed by atoms with van der Waals surface area (Å²) in [6.45, 7) is 3.81. The van der Waals surface area contributed by atoms with Crippen molar-refractivity contribution in [3.63, 3.8) is 0 Å². The maximum absolute atomic E-state index is 11.9. The van der Waals surface area contributed by atoms with Crippen molar-refractivity contribution in [1.82, 2.24) is 10.2 Å². The molecular formula is C11H20N2O3. The summed E-state index contributed by atoms with van der Waals surface area (Å²) < 4.78 is 10.9. The minimum atomic E-state index is -0.221. The number of ether oxygens (including phenoxy) is 2. The lowest BCUT2D eigenvalue weighted by Crippen LogP contribution is -2.47. The van der Waals surface area contributed by atoms with E-state index in [1.165, 1.54) is 0 Å². The molecule has 92 valence electrons. The number of carbonyl (C=O) groups excluding carboxylic acids is 1. The molecule has 0 aromatic carbocycles. The molecule has 0 aromatic heterocycles. The van der Waals surface area contributed by atoms with Gasteiger partial charge < -0.3 is 19.7 Å². The van der Waals surface area contributed by atoms with Crippen molar-refractivity contribution in [2.75, 3.05) is 39.9 Å². The maximum atomic E-state index is 11.9. The van der Waals surface area contributed by atoms with E-state index in [4.69, 9.17) is 9.47 Å². The zero-order chi connectivity index (χ0) is 11.4. The largest absolute Gasteiger partial charge is 0.374 e. The Balaban J connectivity index is 1.77. The van der Waals surface area contributed by atoms with E-state index in [1.54, 1.807) is 4.90 Å². The first-order chi connectivity index (χ1) is 7.77. The fourth-order valence-electron chi connectivity index (χ4n) is 2.15. The molecule has 2 saturated heterocycles. The van der Waals surface area contributed by atoms with Crippen LogP contribution in [0, 0.1) is 0 Å². The Kier molecular flexibility index (Phi) is 4.15. The Hall–Kier alpha value is -0.650. The average molecular weight is 228 g/mol. The molecular weight excluding hydrogens is 208 g/mol. The summed E-state index contributed by atoms with van der Waals surface area (Å²) >= 11 is 0. The number of nitrogens with zero attached hydrogens (tertiary/aromatic N) is 1. The van der Waals surface area contributed by atoms with Crippen LogP contribution in [0.25, 0.3) is 0 Å². The van der Waals surface area contributed by atoms with E-state index in [1.807, 2.05) is 7.05 Å². The Labute approximate surface area is 96.1 Å². The summed E-state index contributed by atoms with van der Waals surface area (Å²) in [7, 11) is 1.82. The monoisotopic (exact) mass is 228 g/mol. The highest BCUT2D eigenvalue weighted by Crippen LogP contribution is 2.14. The van der Waals surface area contributed by atoms with E-state index in [0.29, 0.717) is 13.2 Å². The van der Waals surface area contributed by atoms with Crippen LogP contribution >= 0.6 is 0 Å². The van der Waals surface area contributed by atoms with E-state index in [0.717, 1.165) is 32.5 Å². The summed E-state index contributed by atoms with van der Waals surface area (Å²) in [5.74, 6) is 0.0895. The lowest BCUT2D eigenvalue weighted by atomic mass is 10.2. The molecule has 1 unspecified atom stereocenters. The predicted octanol–water partition coefficient (Wildman–Crippen LogP) is -0.388. The molecule has 2 rings (SSSR count). The van der Waals surface area contributed by atoms with Gasteiger partial charge in [0.05, 0.1) is 12.7 Å². The molecule has 2 fully saturated rings. The quantitative estimate of drug-likeness (QED) is 0.715. The van der Waals surface area contributed by atoms with E-state index in [9.17, 15) is 4.79 Å². The molecule has 5 nitrogen and oxygen atoms in total. The van der Waals surface area contributed by atoms with Gasteiger partial charge in [0.25, 0.3) is 5.91 Å². The lowest BCUT2D eigenvalue weighted by molar-refractivity contribution is -0.141. The number of hydrogen-bond donors (Lipinski definition) is 1. The second kappa shape index (κ2) is 5.61. The normalized spacial score (nSPS) is 30.3. The minimum absolute atomic E-state index is 0.0895.